The van der Waals surface area contributed by atoms with Gasteiger partial charge < -0.3 is 10.2 Å². The minimum absolute atomic E-state index is 0.0100. The number of carbonyl (C=O) groups excluding carboxylic acids is 1. The number of hydrogen-bond acceptors (Lipinski definition) is 3. The van der Waals surface area contributed by atoms with Gasteiger partial charge in [0.15, 0.2) is 0 Å². The van der Waals surface area contributed by atoms with E-state index in [4.69, 9.17) is 5.26 Å². The van der Waals surface area contributed by atoms with Gasteiger partial charge in [-0.1, -0.05) is 19.4 Å². The van der Waals surface area contributed by atoms with Crippen molar-refractivity contribution in [3.8, 4) is 6.07 Å². The topological polar surface area (TPSA) is 56.1 Å². The highest BCUT2D eigenvalue weighted by atomic mass is 16.2. The van der Waals surface area contributed by atoms with Gasteiger partial charge in [0, 0.05) is 18.8 Å². The second kappa shape index (κ2) is 7.54. The van der Waals surface area contributed by atoms with E-state index in [0.717, 1.165) is 18.5 Å². The van der Waals surface area contributed by atoms with Crippen LogP contribution in [0.4, 0.5) is 5.69 Å². The number of amides is 1. The van der Waals surface area contributed by atoms with E-state index in [2.05, 4.69) is 18.3 Å². The number of benzene rings is 1. The molecule has 1 N–H and O–H groups in total. The molecule has 2 atom stereocenters. The number of nitriles is 1. The normalized spacial score (nSPS) is 13.2. The fraction of sp³-hybridized carbons (Fsp3) is 0.500. The summed E-state index contributed by atoms with van der Waals surface area (Å²) in [5.74, 6) is 0.0100. The molecule has 0 radical (unpaired) electrons. The summed E-state index contributed by atoms with van der Waals surface area (Å²) in [6.07, 6.45) is 2.03. The van der Waals surface area contributed by atoms with E-state index in [1.54, 1.807) is 12.1 Å². The van der Waals surface area contributed by atoms with E-state index in [-0.39, 0.29) is 18.0 Å². The van der Waals surface area contributed by atoms with Crippen LogP contribution in [-0.2, 0) is 4.79 Å². The van der Waals surface area contributed by atoms with Gasteiger partial charge in [-0.3, -0.25) is 4.79 Å². The van der Waals surface area contributed by atoms with Crippen molar-refractivity contribution in [3.05, 3.63) is 29.8 Å². The van der Waals surface area contributed by atoms with Crippen LogP contribution in [0.3, 0.4) is 0 Å². The zero-order valence-corrected chi connectivity index (χ0v) is 12.7. The smallest absolute Gasteiger partial charge is 0.242 e. The quantitative estimate of drug-likeness (QED) is 0.867. The lowest BCUT2D eigenvalue weighted by Gasteiger charge is -2.27. The molecule has 4 heteroatoms. The Morgan fingerprint density at radius 3 is 2.75 bits per heavy atom. The Hall–Kier alpha value is -2.02. The van der Waals surface area contributed by atoms with E-state index in [1.165, 1.54) is 0 Å². The maximum absolute atomic E-state index is 12.2. The number of nitrogens with zero attached hydrogens (tertiary/aromatic N) is 2. The van der Waals surface area contributed by atoms with Gasteiger partial charge in [0.1, 0.15) is 6.04 Å². The van der Waals surface area contributed by atoms with Crippen LogP contribution in [0.5, 0.6) is 0 Å². The van der Waals surface area contributed by atoms with Gasteiger partial charge in [0.2, 0.25) is 5.91 Å². The first kappa shape index (κ1) is 16.0. The summed E-state index contributed by atoms with van der Waals surface area (Å²) in [4.78, 5) is 14.1. The molecule has 0 heterocycles. The Bertz CT molecular complexity index is 493. The van der Waals surface area contributed by atoms with Crippen molar-refractivity contribution in [1.29, 1.82) is 5.26 Å². The molecule has 0 bridgehead atoms. The van der Waals surface area contributed by atoms with Crippen LogP contribution in [0, 0.1) is 11.3 Å². The minimum Gasteiger partial charge on any atom is -0.363 e. The fourth-order valence-corrected chi connectivity index (χ4v) is 2.06. The fourth-order valence-electron chi connectivity index (χ4n) is 2.06. The van der Waals surface area contributed by atoms with Gasteiger partial charge in [0.25, 0.3) is 0 Å². The second-order valence-electron chi connectivity index (χ2n) is 5.15. The third-order valence-corrected chi connectivity index (χ3v) is 3.45. The van der Waals surface area contributed by atoms with Crippen LogP contribution in [0.15, 0.2) is 24.3 Å². The number of anilines is 1. The van der Waals surface area contributed by atoms with E-state index in [9.17, 15) is 4.79 Å². The van der Waals surface area contributed by atoms with E-state index in [0.29, 0.717) is 5.56 Å². The predicted octanol–water partition coefficient (Wildman–Crippen LogP) is 2.69. The lowest BCUT2D eigenvalue weighted by molar-refractivity contribution is -0.122. The molecule has 0 saturated heterocycles. The third kappa shape index (κ3) is 4.27. The van der Waals surface area contributed by atoms with Crippen LogP contribution in [0.2, 0.25) is 0 Å². The van der Waals surface area contributed by atoms with Crippen molar-refractivity contribution in [2.45, 2.75) is 45.7 Å². The van der Waals surface area contributed by atoms with Gasteiger partial charge >= 0.3 is 0 Å². The lowest BCUT2D eigenvalue weighted by Crippen LogP contribution is -2.46. The first-order valence-corrected chi connectivity index (χ1v) is 7.03. The molecular weight excluding hydrogens is 250 g/mol. The molecule has 0 spiro atoms. The molecule has 2 unspecified atom stereocenters. The number of likely N-dealkylation sites (N-methyl/N-ethyl adjacent to an activating group) is 1. The number of carbonyl (C=O) groups is 1. The van der Waals surface area contributed by atoms with Crippen LogP contribution < -0.4 is 10.2 Å². The van der Waals surface area contributed by atoms with Crippen LogP contribution in [-0.4, -0.2) is 25.0 Å². The Kier molecular flexibility index (Phi) is 6.05. The molecule has 1 rings (SSSR count). The molecular formula is C16H23N3O. The zero-order valence-electron chi connectivity index (χ0n) is 12.7. The van der Waals surface area contributed by atoms with Gasteiger partial charge in [-0.15, -0.1) is 0 Å². The molecule has 20 heavy (non-hydrogen) atoms. The largest absolute Gasteiger partial charge is 0.363 e. The van der Waals surface area contributed by atoms with Crippen LogP contribution >= 0.6 is 0 Å². The SMILES string of the molecule is CCCC(C)NC(=O)C(C)N(C)c1cccc(C#N)c1. The summed E-state index contributed by atoms with van der Waals surface area (Å²) in [5, 5.41) is 11.9. The number of nitrogens with one attached hydrogen (secondary N) is 1. The van der Waals surface area contributed by atoms with Crippen molar-refractivity contribution in [2.24, 2.45) is 0 Å². The van der Waals surface area contributed by atoms with Crippen molar-refractivity contribution in [3.63, 3.8) is 0 Å². The molecule has 0 aliphatic rings. The molecule has 1 aromatic rings. The van der Waals surface area contributed by atoms with Crippen molar-refractivity contribution < 1.29 is 4.79 Å². The van der Waals surface area contributed by atoms with Crippen molar-refractivity contribution in [1.82, 2.24) is 5.32 Å². The van der Waals surface area contributed by atoms with E-state index in [1.807, 2.05) is 37.9 Å². The average Bonchev–Trinajstić information content (AvgIpc) is 2.45. The summed E-state index contributed by atoms with van der Waals surface area (Å²) in [6, 6.07) is 9.30. The maximum atomic E-state index is 12.2. The molecule has 0 fully saturated rings. The Balaban J connectivity index is 2.72. The van der Waals surface area contributed by atoms with E-state index >= 15 is 0 Å². The summed E-state index contributed by atoms with van der Waals surface area (Å²) < 4.78 is 0. The predicted molar refractivity (Wildman–Crippen MR) is 81.5 cm³/mol. The first-order chi connectivity index (χ1) is 9.49. The van der Waals surface area contributed by atoms with Crippen LogP contribution in [0.1, 0.15) is 39.2 Å². The average molecular weight is 273 g/mol. The zero-order chi connectivity index (χ0) is 15.1. The summed E-state index contributed by atoms with van der Waals surface area (Å²) in [6.45, 7) is 5.99. The molecule has 0 aliphatic carbocycles. The van der Waals surface area contributed by atoms with Gasteiger partial charge in [0.05, 0.1) is 11.6 Å². The van der Waals surface area contributed by atoms with Gasteiger partial charge in [-0.05, 0) is 38.5 Å². The summed E-state index contributed by atoms with van der Waals surface area (Å²) >= 11 is 0. The van der Waals surface area contributed by atoms with Gasteiger partial charge in [-0.25, -0.2) is 0 Å². The molecule has 0 saturated carbocycles. The van der Waals surface area contributed by atoms with Crippen LogP contribution in [0.25, 0.3) is 0 Å². The summed E-state index contributed by atoms with van der Waals surface area (Å²) in [7, 11) is 1.87. The molecule has 108 valence electrons. The molecule has 1 aromatic carbocycles. The first-order valence-electron chi connectivity index (χ1n) is 7.03. The monoisotopic (exact) mass is 273 g/mol. The highest BCUT2D eigenvalue weighted by Gasteiger charge is 2.19. The van der Waals surface area contributed by atoms with Crippen molar-refractivity contribution >= 4 is 11.6 Å². The highest BCUT2D eigenvalue weighted by Crippen LogP contribution is 2.17. The second-order valence-corrected chi connectivity index (χ2v) is 5.15. The van der Waals surface area contributed by atoms with Crippen molar-refractivity contribution in [2.75, 3.05) is 11.9 Å². The maximum Gasteiger partial charge on any atom is 0.242 e. The Morgan fingerprint density at radius 1 is 1.45 bits per heavy atom. The minimum atomic E-state index is -0.275. The lowest BCUT2D eigenvalue weighted by atomic mass is 10.1. The number of hydrogen-bond donors (Lipinski definition) is 1. The molecule has 0 aliphatic heterocycles. The number of rotatable bonds is 6. The molecule has 1 amide bonds. The third-order valence-electron chi connectivity index (χ3n) is 3.45. The van der Waals surface area contributed by atoms with Gasteiger partial charge in [-0.2, -0.15) is 5.26 Å². The Morgan fingerprint density at radius 2 is 2.15 bits per heavy atom. The highest BCUT2D eigenvalue weighted by molar-refractivity contribution is 5.85. The molecule has 0 aromatic heterocycles. The Labute approximate surface area is 121 Å². The van der Waals surface area contributed by atoms with E-state index < -0.39 is 0 Å². The molecule has 4 nitrogen and oxygen atoms in total. The standard InChI is InChI=1S/C16H23N3O/c1-5-7-12(2)18-16(20)13(3)19(4)15-9-6-8-14(10-15)11-17/h6,8-10,12-13H,5,7H2,1-4H3,(H,18,20). The summed E-state index contributed by atoms with van der Waals surface area (Å²) in [5.41, 5.74) is 1.47.